The van der Waals surface area contributed by atoms with Gasteiger partial charge in [-0.1, -0.05) is 0 Å². The summed E-state index contributed by atoms with van der Waals surface area (Å²) in [6, 6.07) is 3.53. The SMILES string of the molecule is Cc1sc(-c2ccco2)nc1C(=O)NC1(C(=O)O)CCSCC1. The summed E-state index contributed by atoms with van der Waals surface area (Å²) in [5.41, 5.74) is -0.927. The molecule has 0 saturated carbocycles. The normalized spacial score (nSPS) is 16.9. The number of aromatic nitrogens is 1. The number of aliphatic carboxylic acids is 1. The highest BCUT2D eigenvalue weighted by molar-refractivity contribution is 7.99. The molecule has 0 atom stereocenters. The zero-order chi connectivity index (χ0) is 16.4. The number of carboxylic acids is 1. The third kappa shape index (κ3) is 3.13. The Balaban J connectivity index is 1.84. The molecule has 2 N–H and O–H groups in total. The number of thiazole rings is 1. The van der Waals surface area contributed by atoms with Crippen LogP contribution in [0.2, 0.25) is 0 Å². The van der Waals surface area contributed by atoms with Gasteiger partial charge in [-0.25, -0.2) is 9.78 Å². The zero-order valence-electron chi connectivity index (χ0n) is 12.5. The second-order valence-electron chi connectivity index (χ2n) is 5.35. The van der Waals surface area contributed by atoms with Crippen LogP contribution in [-0.2, 0) is 4.79 Å². The predicted octanol–water partition coefficient (Wildman–Crippen LogP) is 2.79. The summed E-state index contributed by atoms with van der Waals surface area (Å²) in [7, 11) is 0. The largest absolute Gasteiger partial charge is 0.480 e. The molecular formula is C15H16N2O4S2. The van der Waals surface area contributed by atoms with Gasteiger partial charge in [0.2, 0.25) is 0 Å². The van der Waals surface area contributed by atoms with E-state index in [4.69, 9.17) is 4.42 Å². The Morgan fingerprint density at radius 2 is 2.13 bits per heavy atom. The van der Waals surface area contributed by atoms with Crippen molar-refractivity contribution in [3.63, 3.8) is 0 Å². The molecule has 1 fully saturated rings. The Labute approximate surface area is 141 Å². The molecule has 3 rings (SSSR count). The number of amides is 1. The quantitative estimate of drug-likeness (QED) is 0.879. The summed E-state index contributed by atoms with van der Waals surface area (Å²) in [5, 5.41) is 12.9. The van der Waals surface area contributed by atoms with Crippen LogP contribution >= 0.6 is 23.1 Å². The van der Waals surface area contributed by atoms with Gasteiger partial charge in [-0.2, -0.15) is 11.8 Å². The van der Waals surface area contributed by atoms with Gasteiger partial charge in [0.15, 0.2) is 10.8 Å². The standard InChI is InChI=1S/C15H16N2O4S2/c1-9-11(16-13(23-9)10-3-2-6-21-10)12(18)17-15(14(19)20)4-7-22-8-5-15/h2-3,6H,4-5,7-8H2,1H3,(H,17,18)(H,19,20). The molecule has 8 heteroatoms. The van der Waals surface area contributed by atoms with Crippen molar-refractivity contribution in [2.75, 3.05) is 11.5 Å². The molecule has 0 aromatic carbocycles. The van der Waals surface area contributed by atoms with Gasteiger partial charge < -0.3 is 14.8 Å². The molecule has 23 heavy (non-hydrogen) atoms. The molecule has 1 amide bonds. The van der Waals surface area contributed by atoms with E-state index >= 15 is 0 Å². The van der Waals surface area contributed by atoms with Crippen molar-refractivity contribution in [3.05, 3.63) is 29.0 Å². The molecule has 1 saturated heterocycles. The van der Waals surface area contributed by atoms with Crippen molar-refractivity contribution in [1.82, 2.24) is 10.3 Å². The van der Waals surface area contributed by atoms with Crippen molar-refractivity contribution in [1.29, 1.82) is 0 Å². The maximum Gasteiger partial charge on any atom is 0.329 e. The summed E-state index contributed by atoms with van der Waals surface area (Å²) in [4.78, 5) is 29.3. The summed E-state index contributed by atoms with van der Waals surface area (Å²) in [6.45, 7) is 1.79. The molecule has 0 bridgehead atoms. The van der Waals surface area contributed by atoms with E-state index < -0.39 is 17.4 Å². The monoisotopic (exact) mass is 352 g/mol. The van der Waals surface area contributed by atoms with E-state index in [9.17, 15) is 14.7 Å². The number of aryl methyl sites for hydroxylation is 1. The number of thioether (sulfide) groups is 1. The number of carbonyl (C=O) groups excluding carboxylic acids is 1. The van der Waals surface area contributed by atoms with Crippen molar-refractivity contribution in [2.24, 2.45) is 0 Å². The smallest absolute Gasteiger partial charge is 0.329 e. The van der Waals surface area contributed by atoms with Gasteiger partial charge in [0, 0.05) is 4.88 Å². The van der Waals surface area contributed by atoms with Crippen LogP contribution in [0, 0.1) is 6.92 Å². The minimum Gasteiger partial charge on any atom is -0.480 e. The molecule has 0 unspecified atom stereocenters. The first kappa shape index (κ1) is 16.1. The first-order valence-corrected chi connectivity index (χ1v) is 9.14. The molecule has 1 aliphatic rings. The number of hydrogen-bond donors (Lipinski definition) is 2. The number of nitrogens with one attached hydrogen (secondary N) is 1. The molecule has 2 aromatic heterocycles. The summed E-state index contributed by atoms with van der Waals surface area (Å²) < 4.78 is 5.29. The Morgan fingerprint density at radius 1 is 1.39 bits per heavy atom. The third-order valence-electron chi connectivity index (χ3n) is 3.85. The zero-order valence-corrected chi connectivity index (χ0v) is 14.1. The fourth-order valence-electron chi connectivity index (χ4n) is 2.50. The minimum absolute atomic E-state index is 0.264. The molecule has 0 aliphatic carbocycles. The fraction of sp³-hybridized carbons (Fsp3) is 0.400. The van der Waals surface area contributed by atoms with Crippen LogP contribution in [0.5, 0.6) is 0 Å². The highest BCUT2D eigenvalue weighted by Gasteiger charge is 2.42. The number of carboxylic acid groups (broad SMARTS) is 1. The maximum absolute atomic E-state index is 12.6. The van der Waals surface area contributed by atoms with E-state index in [1.54, 1.807) is 37.1 Å². The van der Waals surface area contributed by atoms with Crippen LogP contribution in [0.25, 0.3) is 10.8 Å². The van der Waals surface area contributed by atoms with E-state index in [1.807, 2.05) is 0 Å². The third-order valence-corrected chi connectivity index (χ3v) is 5.82. The van der Waals surface area contributed by atoms with Crippen LogP contribution < -0.4 is 5.32 Å². The Morgan fingerprint density at radius 3 is 2.74 bits per heavy atom. The topological polar surface area (TPSA) is 92.4 Å². The van der Waals surface area contributed by atoms with Gasteiger partial charge >= 0.3 is 5.97 Å². The molecule has 0 radical (unpaired) electrons. The van der Waals surface area contributed by atoms with E-state index in [-0.39, 0.29) is 5.69 Å². The minimum atomic E-state index is -1.19. The van der Waals surface area contributed by atoms with Crippen LogP contribution in [0.15, 0.2) is 22.8 Å². The second-order valence-corrected chi connectivity index (χ2v) is 7.78. The van der Waals surface area contributed by atoms with E-state index in [0.29, 0.717) is 23.6 Å². The van der Waals surface area contributed by atoms with Gasteiger partial charge in [-0.15, -0.1) is 11.3 Å². The van der Waals surface area contributed by atoms with Crippen LogP contribution in [0.1, 0.15) is 28.2 Å². The molecular weight excluding hydrogens is 336 g/mol. The van der Waals surface area contributed by atoms with Gasteiger partial charge in [-0.05, 0) is 43.4 Å². The Bertz CT molecular complexity index is 718. The molecule has 122 valence electrons. The fourth-order valence-corrected chi connectivity index (χ4v) is 4.57. The van der Waals surface area contributed by atoms with Gasteiger partial charge in [-0.3, -0.25) is 4.79 Å². The lowest BCUT2D eigenvalue weighted by Crippen LogP contribution is -2.56. The van der Waals surface area contributed by atoms with Crippen molar-refractivity contribution in [3.8, 4) is 10.8 Å². The average molecular weight is 352 g/mol. The first-order chi connectivity index (χ1) is 11.0. The van der Waals surface area contributed by atoms with E-state index in [2.05, 4.69) is 10.3 Å². The predicted molar refractivity (Wildman–Crippen MR) is 88.9 cm³/mol. The van der Waals surface area contributed by atoms with E-state index in [1.165, 1.54) is 11.3 Å². The van der Waals surface area contributed by atoms with Crippen molar-refractivity contribution >= 4 is 35.0 Å². The van der Waals surface area contributed by atoms with Gasteiger partial charge in [0.05, 0.1) is 6.26 Å². The van der Waals surface area contributed by atoms with Crippen LogP contribution in [0.3, 0.4) is 0 Å². The first-order valence-electron chi connectivity index (χ1n) is 7.17. The number of nitrogens with zero attached hydrogens (tertiary/aromatic N) is 1. The number of hydrogen-bond acceptors (Lipinski definition) is 6. The lowest BCUT2D eigenvalue weighted by Gasteiger charge is -2.33. The number of furan rings is 1. The lowest BCUT2D eigenvalue weighted by atomic mass is 9.92. The van der Waals surface area contributed by atoms with Crippen LogP contribution in [-0.4, -0.2) is 39.0 Å². The summed E-state index contributed by atoms with van der Waals surface area (Å²) in [6.07, 6.45) is 2.39. The molecule has 3 heterocycles. The van der Waals surface area contributed by atoms with E-state index in [0.717, 1.165) is 16.4 Å². The molecule has 1 aliphatic heterocycles. The Hall–Kier alpha value is -1.80. The average Bonchev–Trinajstić information content (AvgIpc) is 3.17. The second kappa shape index (κ2) is 6.37. The van der Waals surface area contributed by atoms with Crippen LogP contribution in [0.4, 0.5) is 0 Å². The van der Waals surface area contributed by atoms with Crippen molar-refractivity contribution in [2.45, 2.75) is 25.3 Å². The summed E-state index contributed by atoms with van der Waals surface area (Å²) >= 11 is 3.05. The highest BCUT2D eigenvalue weighted by Crippen LogP contribution is 2.30. The Kier molecular flexibility index (Phi) is 4.45. The molecule has 0 spiro atoms. The maximum atomic E-state index is 12.6. The number of rotatable bonds is 4. The highest BCUT2D eigenvalue weighted by atomic mass is 32.2. The van der Waals surface area contributed by atoms with Gasteiger partial charge in [0.25, 0.3) is 5.91 Å². The summed E-state index contributed by atoms with van der Waals surface area (Å²) in [5.74, 6) is 0.621. The van der Waals surface area contributed by atoms with Crippen molar-refractivity contribution < 1.29 is 19.1 Å². The molecule has 2 aromatic rings. The number of carbonyl (C=O) groups is 2. The molecule has 6 nitrogen and oxygen atoms in total. The lowest BCUT2D eigenvalue weighted by molar-refractivity contribution is -0.144. The van der Waals surface area contributed by atoms with Gasteiger partial charge in [0.1, 0.15) is 11.2 Å².